The number of benzene rings is 3. The summed E-state index contributed by atoms with van der Waals surface area (Å²) in [5, 5.41) is 1.73. The number of rotatable bonds is 11. The van der Waals surface area contributed by atoms with Crippen LogP contribution in [0.25, 0.3) is 0 Å². The van der Waals surface area contributed by atoms with Gasteiger partial charge in [-0.2, -0.15) is 0 Å². The minimum Gasteiger partial charge on any atom is -0.493 e. The third-order valence-corrected chi connectivity index (χ3v) is 9.00. The number of methoxy groups -OCH3 is 2. The second kappa shape index (κ2) is 14.9. The average molecular weight is 653 g/mol. The van der Waals surface area contributed by atoms with E-state index in [0.717, 1.165) is 53.7 Å². The number of likely N-dealkylation sites (N-methyl/N-ethyl adjacent to an activating group) is 1. The maximum atomic E-state index is 13.2. The molecule has 1 aliphatic heterocycles. The molecule has 11 heteroatoms. The van der Waals surface area contributed by atoms with Crippen molar-refractivity contribution in [2.75, 3.05) is 63.8 Å². The second-order valence-corrected chi connectivity index (χ2v) is 12.1. The van der Waals surface area contributed by atoms with Gasteiger partial charge >= 0.3 is 0 Å². The van der Waals surface area contributed by atoms with E-state index in [1.54, 1.807) is 20.3 Å². The Hall–Kier alpha value is -3.66. The summed E-state index contributed by atoms with van der Waals surface area (Å²) in [6, 6.07) is 23.3. The Labute approximate surface area is 272 Å². The summed E-state index contributed by atoms with van der Waals surface area (Å²) >= 11 is 14.2. The van der Waals surface area contributed by atoms with Gasteiger partial charge in [0.25, 0.3) is 5.91 Å². The van der Waals surface area contributed by atoms with Crippen molar-refractivity contribution in [2.45, 2.75) is 17.3 Å². The van der Waals surface area contributed by atoms with Crippen LogP contribution in [0.15, 0.2) is 78.0 Å². The van der Waals surface area contributed by atoms with Crippen LogP contribution in [-0.2, 0) is 12.2 Å². The van der Waals surface area contributed by atoms with Crippen molar-refractivity contribution in [3.63, 3.8) is 0 Å². The summed E-state index contributed by atoms with van der Waals surface area (Å²) in [4.78, 5) is 28.5. The maximum absolute atomic E-state index is 13.2. The number of hydrogen-bond donors (Lipinski definition) is 0. The van der Waals surface area contributed by atoms with Crippen LogP contribution >= 0.6 is 35.0 Å². The first-order valence-corrected chi connectivity index (χ1v) is 16.1. The predicted octanol–water partition coefficient (Wildman–Crippen LogP) is 6.73. The smallest absolute Gasteiger partial charge is 0.253 e. The number of piperazine rings is 1. The van der Waals surface area contributed by atoms with Crippen LogP contribution < -0.4 is 19.3 Å². The topological polar surface area (TPSA) is 71.0 Å². The fourth-order valence-corrected chi connectivity index (χ4v) is 6.32. The summed E-state index contributed by atoms with van der Waals surface area (Å²) < 4.78 is 10.8. The molecule has 0 bridgehead atoms. The molecule has 0 radical (unpaired) electrons. The Kier molecular flexibility index (Phi) is 10.7. The van der Waals surface area contributed by atoms with Gasteiger partial charge in [-0.3, -0.25) is 4.79 Å². The van der Waals surface area contributed by atoms with Crippen molar-refractivity contribution in [2.24, 2.45) is 0 Å². The first kappa shape index (κ1) is 31.8. The lowest BCUT2D eigenvalue weighted by Gasteiger charge is -2.36. The van der Waals surface area contributed by atoms with E-state index in [1.807, 2.05) is 78.7 Å². The molecule has 3 aromatic carbocycles. The number of ether oxygens (including phenoxy) is 2. The van der Waals surface area contributed by atoms with Gasteiger partial charge in [0.05, 0.1) is 24.9 Å². The number of amides is 1. The fraction of sp³-hybridized carbons (Fsp3) is 0.303. The van der Waals surface area contributed by atoms with Crippen LogP contribution in [-0.4, -0.2) is 74.8 Å². The third-order valence-electron chi connectivity index (χ3n) is 7.56. The molecule has 4 aromatic rings. The van der Waals surface area contributed by atoms with Crippen LogP contribution in [0.3, 0.4) is 0 Å². The number of anilines is 2. The molecule has 0 unspecified atom stereocenters. The Bertz CT molecular complexity index is 1580. The number of nitrogens with zero attached hydrogens (tertiary/aromatic N) is 5. The molecule has 0 N–H and O–H groups in total. The molecular weight excluding hydrogens is 617 g/mol. The molecule has 0 atom stereocenters. The number of hydrogen-bond acceptors (Lipinski definition) is 8. The van der Waals surface area contributed by atoms with Crippen molar-refractivity contribution in [1.29, 1.82) is 0 Å². The van der Waals surface area contributed by atoms with Crippen LogP contribution in [0.1, 0.15) is 21.5 Å². The van der Waals surface area contributed by atoms with Crippen LogP contribution in [0, 0.1) is 0 Å². The molecule has 0 spiro atoms. The first-order valence-electron chi connectivity index (χ1n) is 14.3. The molecule has 1 fully saturated rings. The lowest BCUT2D eigenvalue weighted by Crippen LogP contribution is -2.48. The van der Waals surface area contributed by atoms with Crippen molar-refractivity contribution in [1.82, 2.24) is 14.9 Å². The molecule has 1 amide bonds. The molecule has 44 heavy (non-hydrogen) atoms. The number of para-hydroxylation sites is 1. The number of carbonyl (C=O) groups is 1. The Morgan fingerprint density at radius 3 is 2.30 bits per heavy atom. The Balaban J connectivity index is 1.13. The summed E-state index contributed by atoms with van der Waals surface area (Å²) in [7, 11) is 5.25. The van der Waals surface area contributed by atoms with Gasteiger partial charge in [-0.05, 0) is 53.9 Å². The molecule has 8 nitrogen and oxygen atoms in total. The monoisotopic (exact) mass is 651 g/mol. The normalized spacial score (nSPS) is 13.1. The average Bonchev–Trinajstić information content (AvgIpc) is 3.06. The van der Waals surface area contributed by atoms with E-state index in [0.29, 0.717) is 46.2 Å². The zero-order chi connectivity index (χ0) is 31.1. The van der Waals surface area contributed by atoms with Crippen molar-refractivity contribution >= 4 is 52.4 Å². The Morgan fingerprint density at radius 1 is 0.886 bits per heavy atom. The van der Waals surface area contributed by atoms with Crippen LogP contribution in [0.2, 0.25) is 10.2 Å². The first-order chi connectivity index (χ1) is 21.3. The standard InChI is InChI=1S/C33H35Cl2N5O3S/c1-38(15-14-23-10-13-28(42-2)29(20-23)43-3)31-21-30(35)36-33(37-31)44-22-24-8-11-25(12-9-24)32(41)40-18-16-39(17-19-40)27-7-5-4-6-26(27)34/h4-13,20-21H,14-19,22H2,1-3H3. The number of aromatic nitrogens is 2. The van der Waals surface area contributed by atoms with Gasteiger partial charge in [-0.15, -0.1) is 0 Å². The highest BCUT2D eigenvalue weighted by molar-refractivity contribution is 7.98. The molecule has 2 heterocycles. The Morgan fingerprint density at radius 2 is 1.59 bits per heavy atom. The van der Waals surface area contributed by atoms with E-state index in [4.69, 9.17) is 37.7 Å². The quantitative estimate of drug-likeness (QED) is 0.100. The van der Waals surface area contributed by atoms with Gasteiger partial charge in [0.15, 0.2) is 16.7 Å². The minimum absolute atomic E-state index is 0.0435. The van der Waals surface area contributed by atoms with E-state index in [2.05, 4.69) is 14.8 Å². The lowest BCUT2D eigenvalue weighted by atomic mass is 10.1. The van der Waals surface area contributed by atoms with Gasteiger partial charge in [0.2, 0.25) is 0 Å². The molecule has 1 aromatic heterocycles. The van der Waals surface area contributed by atoms with E-state index < -0.39 is 0 Å². The third kappa shape index (κ3) is 7.88. The van der Waals surface area contributed by atoms with Crippen LogP contribution in [0.4, 0.5) is 11.5 Å². The van der Waals surface area contributed by atoms with Gasteiger partial charge in [0.1, 0.15) is 11.0 Å². The largest absolute Gasteiger partial charge is 0.493 e. The number of halogens is 2. The molecular formula is C33H35Cl2N5O3S. The highest BCUT2D eigenvalue weighted by Crippen LogP contribution is 2.29. The number of thioether (sulfide) groups is 1. The molecule has 0 aliphatic carbocycles. The molecule has 0 saturated carbocycles. The van der Waals surface area contributed by atoms with Gasteiger partial charge < -0.3 is 24.2 Å². The van der Waals surface area contributed by atoms with Gasteiger partial charge in [0, 0.05) is 57.2 Å². The van der Waals surface area contributed by atoms with Gasteiger partial charge in [-0.25, -0.2) is 9.97 Å². The highest BCUT2D eigenvalue weighted by Gasteiger charge is 2.23. The zero-order valence-corrected chi connectivity index (χ0v) is 27.3. The summed E-state index contributed by atoms with van der Waals surface area (Å²) in [5.74, 6) is 2.87. The fourth-order valence-electron chi connectivity index (χ4n) is 5.03. The predicted molar refractivity (Wildman–Crippen MR) is 179 cm³/mol. The molecule has 1 aliphatic rings. The van der Waals surface area contributed by atoms with E-state index in [-0.39, 0.29) is 5.91 Å². The van der Waals surface area contributed by atoms with Crippen LogP contribution in [0.5, 0.6) is 11.5 Å². The molecule has 5 rings (SSSR count). The van der Waals surface area contributed by atoms with Crippen molar-refractivity contribution in [3.8, 4) is 11.5 Å². The molecule has 230 valence electrons. The van der Waals surface area contributed by atoms with E-state index in [9.17, 15) is 4.79 Å². The molecule has 1 saturated heterocycles. The van der Waals surface area contributed by atoms with E-state index >= 15 is 0 Å². The number of carbonyl (C=O) groups excluding carboxylic acids is 1. The summed E-state index contributed by atoms with van der Waals surface area (Å²) in [5.41, 5.74) is 3.90. The summed E-state index contributed by atoms with van der Waals surface area (Å²) in [6.07, 6.45) is 0.795. The zero-order valence-electron chi connectivity index (χ0n) is 25.0. The van der Waals surface area contributed by atoms with Crippen molar-refractivity contribution in [3.05, 3.63) is 99.7 Å². The van der Waals surface area contributed by atoms with Crippen molar-refractivity contribution < 1.29 is 14.3 Å². The maximum Gasteiger partial charge on any atom is 0.253 e. The van der Waals surface area contributed by atoms with E-state index in [1.165, 1.54) is 11.8 Å². The summed E-state index contributed by atoms with van der Waals surface area (Å²) in [6.45, 7) is 3.53. The highest BCUT2D eigenvalue weighted by atomic mass is 35.5. The van der Waals surface area contributed by atoms with Gasteiger partial charge in [-0.1, -0.05) is 65.3 Å². The minimum atomic E-state index is 0.0435. The SMILES string of the molecule is COc1ccc(CCN(C)c2cc(Cl)nc(SCc3ccc(C(=O)N4CCN(c5ccccc5Cl)CC4)cc3)n2)cc1OC. The lowest BCUT2D eigenvalue weighted by molar-refractivity contribution is 0.0747. The second-order valence-electron chi connectivity index (χ2n) is 10.4.